The van der Waals surface area contributed by atoms with Crippen LogP contribution in [0.2, 0.25) is 10.0 Å². The summed E-state index contributed by atoms with van der Waals surface area (Å²) < 4.78 is 6.81. The fourth-order valence-corrected chi connectivity index (χ4v) is 4.80. The molecule has 0 aromatic heterocycles. The zero-order valence-electron chi connectivity index (χ0n) is 16.6. The third-order valence-electron chi connectivity index (χ3n) is 4.76. The number of para-hydroxylation sites is 1. The van der Waals surface area contributed by atoms with Crippen LogP contribution in [0.3, 0.4) is 0 Å². The smallest absolute Gasteiger partial charge is 0.293 e. The minimum absolute atomic E-state index is 0.205. The van der Waals surface area contributed by atoms with Gasteiger partial charge in [-0.3, -0.25) is 14.5 Å². The van der Waals surface area contributed by atoms with Gasteiger partial charge in [-0.1, -0.05) is 81.6 Å². The van der Waals surface area contributed by atoms with Gasteiger partial charge in [0.1, 0.15) is 12.4 Å². The van der Waals surface area contributed by atoms with Crippen molar-refractivity contribution in [1.82, 2.24) is 4.90 Å². The summed E-state index contributed by atoms with van der Waals surface area (Å²) in [6.45, 7) is 0.445. The summed E-state index contributed by atoms with van der Waals surface area (Å²) in [4.78, 5) is 27.0. The van der Waals surface area contributed by atoms with Crippen molar-refractivity contribution in [2.75, 3.05) is 0 Å². The zero-order chi connectivity index (χ0) is 22.7. The highest BCUT2D eigenvalue weighted by Gasteiger charge is 2.35. The maximum absolute atomic E-state index is 12.9. The lowest BCUT2D eigenvalue weighted by Gasteiger charge is -2.13. The minimum atomic E-state index is -0.327. The molecule has 0 N–H and O–H groups in total. The molecule has 3 aromatic rings. The first kappa shape index (κ1) is 22.9. The van der Waals surface area contributed by atoms with Crippen molar-refractivity contribution in [1.29, 1.82) is 0 Å². The number of ether oxygens (including phenoxy) is 1. The van der Waals surface area contributed by atoms with Crippen molar-refractivity contribution in [3.05, 3.63) is 103 Å². The molecule has 1 saturated heterocycles. The fourth-order valence-electron chi connectivity index (χ4n) is 3.10. The predicted molar refractivity (Wildman–Crippen MR) is 133 cm³/mol. The number of carbonyl (C=O) groups is 2. The van der Waals surface area contributed by atoms with Gasteiger partial charge in [-0.05, 0) is 47.7 Å². The molecule has 1 fully saturated rings. The van der Waals surface area contributed by atoms with E-state index in [2.05, 4.69) is 15.9 Å². The third-order valence-corrected chi connectivity index (χ3v) is 7.03. The molecule has 4 rings (SSSR count). The molecule has 0 unspecified atom stereocenters. The molecule has 0 saturated carbocycles. The second kappa shape index (κ2) is 10.1. The van der Waals surface area contributed by atoms with Gasteiger partial charge in [0.25, 0.3) is 11.1 Å². The normalized spacial score (nSPS) is 15.0. The Kier molecular flexibility index (Phi) is 7.26. The van der Waals surface area contributed by atoms with Crippen molar-refractivity contribution in [3.8, 4) is 5.75 Å². The number of nitrogens with zero attached hydrogens (tertiary/aromatic N) is 1. The van der Waals surface area contributed by atoms with Gasteiger partial charge < -0.3 is 4.74 Å². The molecule has 3 aromatic carbocycles. The lowest BCUT2D eigenvalue weighted by molar-refractivity contribution is -0.123. The van der Waals surface area contributed by atoms with Gasteiger partial charge in [-0.25, -0.2) is 0 Å². The number of hydrogen-bond acceptors (Lipinski definition) is 4. The van der Waals surface area contributed by atoms with Crippen LogP contribution < -0.4 is 4.74 Å². The maximum Gasteiger partial charge on any atom is 0.293 e. The Morgan fingerprint density at radius 1 is 0.969 bits per heavy atom. The van der Waals surface area contributed by atoms with E-state index in [0.29, 0.717) is 26.3 Å². The second-order valence-electron chi connectivity index (χ2n) is 6.92. The SMILES string of the molecule is O=C1S/C(=C/c2ccccc2OCc2ccc(Cl)cc2Cl)C(=O)N1Cc1ccccc1Br. The van der Waals surface area contributed by atoms with Crippen LogP contribution in [-0.2, 0) is 17.9 Å². The number of carbonyl (C=O) groups excluding carboxylic acids is 2. The summed E-state index contributed by atoms with van der Waals surface area (Å²) in [5, 5.41) is 0.768. The Morgan fingerprint density at radius 3 is 2.50 bits per heavy atom. The molecule has 2 amide bonds. The summed E-state index contributed by atoms with van der Waals surface area (Å²) in [5.41, 5.74) is 2.35. The molecule has 162 valence electrons. The molecule has 0 radical (unpaired) electrons. The van der Waals surface area contributed by atoms with E-state index in [9.17, 15) is 9.59 Å². The number of imide groups is 1. The molecular formula is C24H16BrCl2NO3S. The topological polar surface area (TPSA) is 46.6 Å². The number of thioether (sulfide) groups is 1. The van der Waals surface area contributed by atoms with E-state index in [4.69, 9.17) is 27.9 Å². The van der Waals surface area contributed by atoms with Crippen LogP contribution in [0.5, 0.6) is 5.75 Å². The van der Waals surface area contributed by atoms with E-state index in [0.717, 1.165) is 27.4 Å². The van der Waals surface area contributed by atoms with Gasteiger partial charge in [0.05, 0.1) is 11.4 Å². The summed E-state index contributed by atoms with van der Waals surface area (Å²) in [6.07, 6.45) is 1.68. The van der Waals surface area contributed by atoms with Crippen LogP contribution >= 0.6 is 50.9 Å². The Labute approximate surface area is 208 Å². The standard InChI is InChI=1S/C24H16BrCl2NO3S/c25-19-7-3-1-6-16(19)13-28-23(29)22(32-24(28)30)11-15-5-2-4-8-21(15)31-14-17-9-10-18(26)12-20(17)27/h1-12H,13-14H2/b22-11+. The van der Waals surface area contributed by atoms with Gasteiger partial charge in [0, 0.05) is 25.6 Å². The fraction of sp³-hybridized carbons (Fsp3) is 0.0833. The Hall–Kier alpha value is -2.25. The van der Waals surface area contributed by atoms with E-state index in [1.807, 2.05) is 42.5 Å². The molecule has 0 spiro atoms. The monoisotopic (exact) mass is 547 g/mol. The van der Waals surface area contributed by atoms with Crippen LogP contribution in [0.25, 0.3) is 6.08 Å². The van der Waals surface area contributed by atoms with Crippen molar-refractivity contribution >= 4 is 68.1 Å². The number of amides is 2. The first-order valence-electron chi connectivity index (χ1n) is 9.57. The van der Waals surface area contributed by atoms with Crippen molar-refractivity contribution < 1.29 is 14.3 Å². The predicted octanol–water partition coefficient (Wildman–Crippen LogP) is 7.57. The number of hydrogen-bond donors (Lipinski definition) is 0. The average Bonchev–Trinajstić information content (AvgIpc) is 3.03. The largest absolute Gasteiger partial charge is 0.488 e. The molecule has 32 heavy (non-hydrogen) atoms. The second-order valence-corrected chi connectivity index (χ2v) is 9.61. The number of rotatable bonds is 6. The lowest BCUT2D eigenvalue weighted by atomic mass is 10.1. The summed E-state index contributed by atoms with van der Waals surface area (Å²) in [6, 6.07) is 20.1. The molecule has 0 bridgehead atoms. The van der Waals surface area contributed by atoms with Crippen molar-refractivity contribution in [3.63, 3.8) is 0 Å². The Bertz CT molecular complexity index is 1230. The number of halogens is 3. The van der Waals surface area contributed by atoms with Crippen molar-refractivity contribution in [2.45, 2.75) is 13.2 Å². The number of benzene rings is 3. The molecule has 0 atom stereocenters. The first-order valence-corrected chi connectivity index (χ1v) is 11.9. The average molecular weight is 549 g/mol. The highest BCUT2D eigenvalue weighted by molar-refractivity contribution is 9.10. The molecule has 0 aliphatic carbocycles. The lowest BCUT2D eigenvalue weighted by Crippen LogP contribution is -2.27. The van der Waals surface area contributed by atoms with Gasteiger partial charge in [-0.2, -0.15) is 0 Å². The highest BCUT2D eigenvalue weighted by atomic mass is 79.9. The third kappa shape index (κ3) is 5.21. The van der Waals surface area contributed by atoms with E-state index < -0.39 is 0 Å². The van der Waals surface area contributed by atoms with E-state index in [1.54, 1.807) is 30.3 Å². The van der Waals surface area contributed by atoms with Crippen LogP contribution in [0, 0.1) is 0 Å². The first-order chi connectivity index (χ1) is 15.4. The van der Waals surface area contributed by atoms with Gasteiger partial charge >= 0.3 is 0 Å². The molecule has 1 aliphatic heterocycles. The van der Waals surface area contributed by atoms with Gasteiger partial charge in [-0.15, -0.1) is 0 Å². The van der Waals surface area contributed by atoms with Crippen LogP contribution in [-0.4, -0.2) is 16.0 Å². The highest BCUT2D eigenvalue weighted by Crippen LogP contribution is 2.36. The summed E-state index contributed by atoms with van der Waals surface area (Å²) in [7, 11) is 0. The molecule has 1 heterocycles. The summed E-state index contributed by atoms with van der Waals surface area (Å²) in [5.74, 6) is 0.252. The summed E-state index contributed by atoms with van der Waals surface area (Å²) >= 11 is 16.6. The van der Waals surface area contributed by atoms with Crippen LogP contribution in [0.4, 0.5) is 4.79 Å². The Balaban J connectivity index is 1.53. The van der Waals surface area contributed by atoms with Crippen LogP contribution in [0.1, 0.15) is 16.7 Å². The van der Waals surface area contributed by atoms with Gasteiger partial charge in [0.15, 0.2) is 0 Å². The van der Waals surface area contributed by atoms with Gasteiger partial charge in [0.2, 0.25) is 0 Å². The Morgan fingerprint density at radius 2 is 1.72 bits per heavy atom. The van der Waals surface area contributed by atoms with Crippen LogP contribution in [0.15, 0.2) is 76.1 Å². The molecule has 1 aliphatic rings. The zero-order valence-corrected chi connectivity index (χ0v) is 20.5. The minimum Gasteiger partial charge on any atom is -0.488 e. The molecular weight excluding hydrogens is 533 g/mol. The quantitative estimate of drug-likeness (QED) is 0.298. The maximum atomic E-state index is 12.9. The van der Waals surface area contributed by atoms with E-state index >= 15 is 0 Å². The van der Waals surface area contributed by atoms with E-state index in [1.165, 1.54) is 4.90 Å². The molecule has 8 heteroatoms. The van der Waals surface area contributed by atoms with Crippen molar-refractivity contribution in [2.24, 2.45) is 0 Å². The molecule has 4 nitrogen and oxygen atoms in total. The van der Waals surface area contributed by atoms with E-state index in [-0.39, 0.29) is 24.3 Å².